The monoisotopic (exact) mass is 340 g/mol. The Bertz CT molecular complexity index is 774. The molecule has 1 fully saturated rings. The Balaban J connectivity index is 1.72. The first kappa shape index (κ1) is 15.9. The molecular formula is C19H21FN4O. The Labute approximate surface area is 146 Å². The number of urea groups is 1. The predicted octanol–water partition coefficient (Wildman–Crippen LogP) is 2.47. The van der Waals surface area contributed by atoms with E-state index in [2.05, 4.69) is 15.5 Å². The highest BCUT2D eigenvalue weighted by atomic mass is 19.1. The van der Waals surface area contributed by atoms with Crippen molar-refractivity contribution in [2.45, 2.75) is 13.1 Å². The van der Waals surface area contributed by atoms with E-state index >= 15 is 0 Å². The maximum absolute atomic E-state index is 14.6. The van der Waals surface area contributed by atoms with Gasteiger partial charge >= 0.3 is 6.03 Å². The first-order chi connectivity index (χ1) is 12.2. The van der Waals surface area contributed by atoms with Crippen molar-refractivity contribution in [1.82, 2.24) is 10.6 Å². The molecule has 130 valence electrons. The van der Waals surface area contributed by atoms with Crippen LogP contribution >= 0.6 is 0 Å². The van der Waals surface area contributed by atoms with Crippen molar-refractivity contribution >= 4 is 17.4 Å². The fourth-order valence-corrected chi connectivity index (χ4v) is 3.55. The molecule has 2 aliphatic rings. The summed E-state index contributed by atoms with van der Waals surface area (Å²) in [5, 5.41) is 6.18. The molecule has 5 nitrogen and oxygen atoms in total. The summed E-state index contributed by atoms with van der Waals surface area (Å²) < 4.78 is 14.6. The van der Waals surface area contributed by atoms with Gasteiger partial charge in [-0.25, -0.2) is 9.18 Å². The molecular weight excluding hydrogens is 319 g/mol. The number of carbonyl (C=O) groups excluding carboxylic acids is 1. The molecule has 6 heteroatoms. The van der Waals surface area contributed by atoms with E-state index in [0.29, 0.717) is 18.8 Å². The molecule has 0 radical (unpaired) electrons. The molecule has 0 saturated carbocycles. The number of amides is 2. The highest BCUT2D eigenvalue weighted by Crippen LogP contribution is 2.36. The summed E-state index contributed by atoms with van der Waals surface area (Å²) in [6.45, 7) is 4.02. The SMILES string of the molecule is O=C1NCc2c(ccc(F)c2N2CCNCC2)N1Cc1ccccc1. The van der Waals surface area contributed by atoms with Crippen molar-refractivity contribution in [2.24, 2.45) is 0 Å². The summed E-state index contributed by atoms with van der Waals surface area (Å²) in [6, 6.07) is 12.9. The number of hydrogen-bond donors (Lipinski definition) is 2. The standard InChI is InChI=1S/C19H21FN4O/c20-16-6-7-17-15(18(16)23-10-8-21-9-11-23)12-22-19(25)24(17)13-14-4-2-1-3-5-14/h1-7,21H,8-13H2,(H,22,25). The lowest BCUT2D eigenvalue weighted by Crippen LogP contribution is -2.47. The van der Waals surface area contributed by atoms with Gasteiger partial charge in [0, 0.05) is 38.3 Å². The summed E-state index contributed by atoms with van der Waals surface area (Å²) in [6.07, 6.45) is 0. The Morgan fingerprint density at radius 1 is 1.04 bits per heavy atom. The van der Waals surface area contributed by atoms with Crippen LogP contribution < -0.4 is 20.4 Å². The molecule has 0 aromatic heterocycles. The molecule has 0 bridgehead atoms. The van der Waals surface area contributed by atoms with Gasteiger partial charge < -0.3 is 15.5 Å². The second kappa shape index (κ2) is 6.72. The number of rotatable bonds is 3. The van der Waals surface area contributed by atoms with Gasteiger partial charge in [-0.3, -0.25) is 4.90 Å². The van der Waals surface area contributed by atoms with Gasteiger partial charge in [0.05, 0.1) is 17.9 Å². The average molecular weight is 340 g/mol. The van der Waals surface area contributed by atoms with Crippen molar-refractivity contribution in [3.8, 4) is 0 Å². The van der Waals surface area contributed by atoms with Gasteiger partial charge in [0.2, 0.25) is 0 Å². The summed E-state index contributed by atoms with van der Waals surface area (Å²) in [5.74, 6) is -0.225. The molecule has 2 aromatic carbocycles. The molecule has 2 aromatic rings. The van der Waals surface area contributed by atoms with Crippen molar-refractivity contribution in [2.75, 3.05) is 36.0 Å². The highest BCUT2D eigenvalue weighted by Gasteiger charge is 2.29. The van der Waals surface area contributed by atoms with E-state index in [0.717, 1.165) is 43.0 Å². The molecule has 4 rings (SSSR count). The molecule has 0 aliphatic carbocycles. The molecule has 0 spiro atoms. The van der Waals surface area contributed by atoms with E-state index in [9.17, 15) is 9.18 Å². The molecule has 0 unspecified atom stereocenters. The van der Waals surface area contributed by atoms with E-state index in [4.69, 9.17) is 0 Å². The van der Waals surface area contributed by atoms with E-state index in [-0.39, 0.29) is 11.8 Å². The normalized spacial score (nSPS) is 17.2. The second-order valence-electron chi connectivity index (χ2n) is 6.36. The molecule has 2 heterocycles. The fourth-order valence-electron chi connectivity index (χ4n) is 3.55. The molecule has 2 aliphatic heterocycles. The van der Waals surface area contributed by atoms with Crippen LogP contribution in [0.15, 0.2) is 42.5 Å². The Hall–Kier alpha value is -2.60. The number of benzene rings is 2. The maximum Gasteiger partial charge on any atom is 0.322 e. The third-order valence-electron chi connectivity index (χ3n) is 4.78. The minimum Gasteiger partial charge on any atom is -0.366 e. The van der Waals surface area contributed by atoms with Crippen LogP contribution in [0.3, 0.4) is 0 Å². The maximum atomic E-state index is 14.6. The van der Waals surface area contributed by atoms with Crippen molar-refractivity contribution in [3.63, 3.8) is 0 Å². The molecule has 2 amide bonds. The summed E-state index contributed by atoms with van der Waals surface area (Å²) in [5.41, 5.74) is 3.32. The van der Waals surface area contributed by atoms with Gasteiger partial charge in [0.25, 0.3) is 0 Å². The van der Waals surface area contributed by atoms with Crippen LogP contribution in [0.1, 0.15) is 11.1 Å². The first-order valence-corrected chi connectivity index (χ1v) is 8.60. The summed E-state index contributed by atoms with van der Waals surface area (Å²) in [4.78, 5) is 16.2. The average Bonchev–Trinajstić information content (AvgIpc) is 2.65. The number of halogens is 1. The summed E-state index contributed by atoms with van der Waals surface area (Å²) >= 11 is 0. The van der Waals surface area contributed by atoms with E-state index in [1.807, 2.05) is 30.3 Å². The van der Waals surface area contributed by atoms with Gasteiger partial charge in [-0.15, -0.1) is 0 Å². The fraction of sp³-hybridized carbons (Fsp3) is 0.316. The van der Waals surface area contributed by atoms with E-state index < -0.39 is 0 Å². The minimum atomic E-state index is -0.225. The lowest BCUT2D eigenvalue weighted by atomic mass is 10.0. The Morgan fingerprint density at radius 2 is 1.80 bits per heavy atom. The zero-order valence-electron chi connectivity index (χ0n) is 14.0. The zero-order valence-corrected chi connectivity index (χ0v) is 14.0. The predicted molar refractivity (Wildman–Crippen MR) is 96.3 cm³/mol. The number of hydrogen-bond acceptors (Lipinski definition) is 3. The van der Waals surface area contributed by atoms with Crippen molar-refractivity contribution in [1.29, 1.82) is 0 Å². The molecule has 2 N–H and O–H groups in total. The van der Waals surface area contributed by atoms with Gasteiger partial charge in [0.15, 0.2) is 0 Å². The molecule has 0 atom stereocenters. The Morgan fingerprint density at radius 3 is 2.56 bits per heavy atom. The van der Waals surface area contributed by atoms with Crippen molar-refractivity contribution < 1.29 is 9.18 Å². The highest BCUT2D eigenvalue weighted by molar-refractivity contribution is 5.96. The lowest BCUT2D eigenvalue weighted by Gasteiger charge is -2.36. The quantitative estimate of drug-likeness (QED) is 0.902. The van der Waals surface area contributed by atoms with Crippen LogP contribution in [0.4, 0.5) is 20.6 Å². The number of nitrogens with zero attached hydrogens (tertiary/aromatic N) is 2. The largest absolute Gasteiger partial charge is 0.366 e. The van der Waals surface area contributed by atoms with Crippen LogP contribution in [0.2, 0.25) is 0 Å². The molecule has 1 saturated heterocycles. The zero-order chi connectivity index (χ0) is 17.2. The number of piperazine rings is 1. The van der Waals surface area contributed by atoms with Crippen LogP contribution in [-0.4, -0.2) is 32.2 Å². The Kier molecular flexibility index (Phi) is 4.28. The molecule has 25 heavy (non-hydrogen) atoms. The topological polar surface area (TPSA) is 47.6 Å². The number of fused-ring (bicyclic) bond motifs is 1. The number of nitrogens with one attached hydrogen (secondary N) is 2. The number of carbonyl (C=O) groups is 1. The van der Waals surface area contributed by atoms with Crippen molar-refractivity contribution in [3.05, 3.63) is 59.4 Å². The van der Waals surface area contributed by atoms with Gasteiger partial charge in [-0.1, -0.05) is 30.3 Å². The van der Waals surface area contributed by atoms with E-state index in [1.165, 1.54) is 6.07 Å². The summed E-state index contributed by atoms with van der Waals surface area (Å²) in [7, 11) is 0. The second-order valence-corrected chi connectivity index (χ2v) is 6.36. The van der Waals surface area contributed by atoms with Gasteiger partial charge in [-0.2, -0.15) is 0 Å². The number of anilines is 2. The smallest absolute Gasteiger partial charge is 0.322 e. The van der Waals surface area contributed by atoms with Crippen LogP contribution in [0.25, 0.3) is 0 Å². The third kappa shape index (κ3) is 3.05. The first-order valence-electron chi connectivity index (χ1n) is 8.60. The minimum absolute atomic E-state index is 0.144. The van der Waals surface area contributed by atoms with Gasteiger partial charge in [-0.05, 0) is 17.7 Å². The van der Waals surface area contributed by atoms with Crippen LogP contribution in [0, 0.1) is 5.82 Å². The van der Waals surface area contributed by atoms with Crippen LogP contribution in [-0.2, 0) is 13.1 Å². The van der Waals surface area contributed by atoms with E-state index in [1.54, 1.807) is 11.0 Å². The third-order valence-corrected chi connectivity index (χ3v) is 4.78. The van der Waals surface area contributed by atoms with Gasteiger partial charge in [0.1, 0.15) is 5.82 Å². The van der Waals surface area contributed by atoms with Crippen LogP contribution in [0.5, 0.6) is 0 Å². The lowest BCUT2D eigenvalue weighted by molar-refractivity contribution is 0.244.